The van der Waals surface area contributed by atoms with Crippen molar-refractivity contribution in [1.29, 1.82) is 0 Å². The Morgan fingerprint density at radius 1 is 0.964 bits per heavy atom. The summed E-state index contributed by atoms with van der Waals surface area (Å²) in [4.78, 5) is 0. The molecule has 0 aliphatic heterocycles. The second kappa shape index (κ2) is 9.79. The third-order valence-corrected chi connectivity index (χ3v) is 5.09. The molecule has 4 rings (SSSR count). The maximum absolute atomic E-state index is 13.0. The lowest BCUT2D eigenvalue weighted by molar-refractivity contribution is -0.696. The molecule has 0 amide bonds. The number of aryl methyl sites for hydroxylation is 4. The summed E-state index contributed by atoms with van der Waals surface area (Å²) < 4.78 is 15.2. The molecule has 0 radical (unpaired) electrons. The van der Waals surface area contributed by atoms with E-state index in [-0.39, 0.29) is 5.82 Å². The molecule has 0 saturated carbocycles. The fraction of sp³-hybridized carbons (Fsp3) is 0.240. The molecule has 3 heteroatoms. The molecule has 0 saturated heterocycles. The Morgan fingerprint density at radius 2 is 1.68 bits per heavy atom. The highest BCUT2D eigenvalue weighted by Crippen LogP contribution is 2.31. The van der Waals surface area contributed by atoms with Crippen molar-refractivity contribution >= 4 is 21.5 Å². The summed E-state index contributed by atoms with van der Waals surface area (Å²) in [7, 11) is 0. The van der Waals surface area contributed by atoms with Crippen LogP contribution >= 0.6 is 15.9 Å². The SMILES string of the molecule is CBr.Cc1ccc2c(c1)CCC=C2c1cc[n+](CCc2ccc(F)cc2)cc1. The average Bonchev–Trinajstić information content (AvgIpc) is 2.74. The van der Waals surface area contributed by atoms with E-state index >= 15 is 0 Å². The lowest BCUT2D eigenvalue weighted by atomic mass is 9.86. The summed E-state index contributed by atoms with van der Waals surface area (Å²) in [5.41, 5.74) is 7.92. The fourth-order valence-corrected chi connectivity index (χ4v) is 3.64. The molecule has 0 atom stereocenters. The molecule has 1 aliphatic rings. The number of hydrogen-bond acceptors (Lipinski definition) is 0. The Morgan fingerprint density at radius 3 is 2.39 bits per heavy atom. The van der Waals surface area contributed by atoms with Crippen molar-refractivity contribution in [2.45, 2.75) is 32.7 Å². The number of fused-ring (bicyclic) bond motifs is 1. The second-order valence-corrected chi connectivity index (χ2v) is 7.02. The number of pyridine rings is 1. The second-order valence-electron chi connectivity index (χ2n) is 7.02. The van der Waals surface area contributed by atoms with E-state index in [0.717, 1.165) is 31.4 Å². The van der Waals surface area contributed by atoms with Gasteiger partial charge >= 0.3 is 0 Å². The lowest BCUT2D eigenvalue weighted by Crippen LogP contribution is -2.33. The summed E-state index contributed by atoms with van der Waals surface area (Å²) in [5.74, 6) is 1.63. The largest absolute Gasteiger partial charge is 0.207 e. The first-order chi connectivity index (χ1) is 13.7. The van der Waals surface area contributed by atoms with Gasteiger partial charge < -0.3 is 0 Å². The predicted octanol–water partition coefficient (Wildman–Crippen LogP) is 6.05. The van der Waals surface area contributed by atoms with Crippen LogP contribution in [-0.4, -0.2) is 5.83 Å². The van der Waals surface area contributed by atoms with Crippen molar-refractivity contribution in [2.75, 3.05) is 5.83 Å². The first-order valence-electron chi connectivity index (χ1n) is 9.61. The minimum atomic E-state index is -0.179. The summed E-state index contributed by atoms with van der Waals surface area (Å²) in [6.45, 7) is 3.05. The zero-order valence-electron chi connectivity index (χ0n) is 16.5. The monoisotopic (exact) mass is 438 g/mol. The van der Waals surface area contributed by atoms with Crippen LogP contribution in [0.15, 0.2) is 73.1 Å². The number of nitrogens with zero attached hydrogens (tertiary/aromatic N) is 1. The molecule has 0 bridgehead atoms. The van der Waals surface area contributed by atoms with E-state index in [1.165, 1.54) is 40.0 Å². The number of rotatable bonds is 4. The summed E-state index contributed by atoms with van der Waals surface area (Å²) in [6, 6.07) is 17.9. The van der Waals surface area contributed by atoms with E-state index in [0.29, 0.717) is 0 Å². The molecule has 3 aromatic rings. The van der Waals surface area contributed by atoms with Crippen molar-refractivity contribution < 1.29 is 8.96 Å². The van der Waals surface area contributed by atoms with Crippen LogP contribution in [0.1, 0.15) is 34.2 Å². The number of alkyl halides is 1. The maximum atomic E-state index is 13.0. The van der Waals surface area contributed by atoms with Crippen LogP contribution in [0.3, 0.4) is 0 Å². The molecular formula is C25H26BrFN+. The normalized spacial score (nSPS) is 12.5. The standard InChI is InChI=1S/C24H23FN.CH3Br/c1-18-5-10-24-21(17-18)3-2-4-23(24)20-12-15-26(16-13-20)14-11-19-6-8-22(25)9-7-19;1-2/h4-10,12-13,15-17H,2-3,11,14H2,1H3;1H3/q+1;. The van der Waals surface area contributed by atoms with E-state index in [2.05, 4.69) is 76.2 Å². The van der Waals surface area contributed by atoms with Crippen LogP contribution in [0.2, 0.25) is 0 Å². The highest BCUT2D eigenvalue weighted by molar-refractivity contribution is 9.08. The van der Waals surface area contributed by atoms with Crippen molar-refractivity contribution in [2.24, 2.45) is 0 Å². The van der Waals surface area contributed by atoms with E-state index in [4.69, 9.17) is 0 Å². The molecule has 144 valence electrons. The third-order valence-electron chi connectivity index (χ3n) is 5.09. The highest BCUT2D eigenvalue weighted by Gasteiger charge is 2.15. The van der Waals surface area contributed by atoms with Crippen molar-refractivity contribution in [3.05, 3.63) is 107 Å². The average molecular weight is 439 g/mol. The maximum Gasteiger partial charge on any atom is 0.169 e. The number of benzene rings is 2. The van der Waals surface area contributed by atoms with Crippen molar-refractivity contribution in [3.63, 3.8) is 0 Å². The number of halogens is 2. The molecule has 1 aliphatic carbocycles. The zero-order valence-corrected chi connectivity index (χ0v) is 18.0. The lowest BCUT2D eigenvalue weighted by Gasteiger charge is -2.18. The Hall–Kier alpha value is -2.26. The van der Waals surface area contributed by atoms with Gasteiger partial charge in [0.25, 0.3) is 0 Å². The van der Waals surface area contributed by atoms with Crippen LogP contribution in [0.4, 0.5) is 4.39 Å². The number of allylic oxidation sites excluding steroid dienone is 1. The Kier molecular flexibility index (Phi) is 7.16. The highest BCUT2D eigenvalue weighted by atomic mass is 79.9. The van der Waals surface area contributed by atoms with Crippen LogP contribution in [0, 0.1) is 12.7 Å². The fourth-order valence-electron chi connectivity index (χ4n) is 3.64. The molecule has 1 heterocycles. The van der Waals surface area contributed by atoms with Crippen molar-refractivity contribution in [3.8, 4) is 0 Å². The molecular weight excluding hydrogens is 413 g/mol. The van der Waals surface area contributed by atoms with E-state index in [9.17, 15) is 4.39 Å². The van der Waals surface area contributed by atoms with Gasteiger partial charge in [0.2, 0.25) is 0 Å². The summed E-state index contributed by atoms with van der Waals surface area (Å²) in [6.07, 6.45) is 9.77. The van der Waals surface area contributed by atoms with Gasteiger partial charge in [-0.3, -0.25) is 0 Å². The first-order valence-corrected chi connectivity index (χ1v) is 11.2. The minimum Gasteiger partial charge on any atom is -0.207 e. The quantitative estimate of drug-likeness (QED) is 0.344. The zero-order chi connectivity index (χ0) is 19.9. The Labute approximate surface area is 175 Å². The molecule has 28 heavy (non-hydrogen) atoms. The van der Waals surface area contributed by atoms with Gasteiger partial charge in [-0.05, 0) is 65.6 Å². The van der Waals surface area contributed by atoms with Gasteiger partial charge in [-0.2, -0.15) is 0 Å². The van der Waals surface area contributed by atoms with Gasteiger partial charge in [-0.15, -0.1) is 0 Å². The van der Waals surface area contributed by atoms with Crippen LogP contribution in [0.25, 0.3) is 5.57 Å². The van der Waals surface area contributed by atoms with Crippen molar-refractivity contribution in [1.82, 2.24) is 0 Å². The topological polar surface area (TPSA) is 3.88 Å². The van der Waals surface area contributed by atoms with E-state index < -0.39 is 0 Å². The van der Waals surface area contributed by atoms with Gasteiger partial charge in [0.05, 0.1) is 0 Å². The molecule has 0 spiro atoms. The van der Waals surface area contributed by atoms with Crippen LogP contribution < -0.4 is 4.57 Å². The minimum absolute atomic E-state index is 0.179. The third kappa shape index (κ3) is 4.96. The van der Waals surface area contributed by atoms with Gasteiger partial charge in [-0.1, -0.05) is 57.9 Å². The molecule has 1 nitrogen and oxygen atoms in total. The molecule has 1 aromatic heterocycles. The van der Waals surface area contributed by atoms with Gasteiger partial charge in [-0.25, -0.2) is 8.96 Å². The molecule has 2 aromatic carbocycles. The Bertz CT molecular complexity index is 943. The number of hydrogen-bond donors (Lipinski definition) is 0. The first kappa shape index (κ1) is 20.5. The molecule has 0 fully saturated rings. The summed E-state index contributed by atoms with van der Waals surface area (Å²) in [5, 5.41) is 0. The van der Waals surface area contributed by atoms with Gasteiger partial charge in [0.15, 0.2) is 18.9 Å². The predicted molar refractivity (Wildman–Crippen MR) is 118 cm³/mol. The van der Waals surface area contributed by atoms with E-state index in [1.807, 2.05) is 18.0 Å². The van der Waals surface area contributed by atoms with Gasteiger partial charge in [0.1, 0.15) is 5.82 Å². The van der Waals surface area contributed by atoms with Crippen LogP contribution in [0.5, 0.6) is 0 Å². The molecule has 0 N–H and O–H groups in total. The Balaban J connectivity index is 0.00000109. The molecule has 0 unspecified atom stereocenters. The summed E-state index contributed by atoms with van der Waals surface area (Å²) >= 11 is 2.94. The number of aromatic nitrogens is 1. The van der Waals surface area contributed by atoms with E-state index in [1.54, 1.807) is 0 Å². The smallest absolute Gasteiger partial charge is 0.169 e. The van der Waals surface area contributed by atoms with Crippen LogP contribution in [-0.2, 0) is 19.4 Å². The van der Waals surface area contributed by atoms with Gasteiger partial charge in [0, 0.05) is 18.6 Å².